The fourth-order valence-electron chi connectivity index (χ4n) is 3.21. The molecule has 1 unspecified atom stereocenters. The second kappa shape index (κ2) is 8.72. The maximum atomic E-state index is 13.0. The number of benzene rings is 1. The first kappa shape index (κ1) is 20.3. The zero-order valence-corrected chi connectivity index (χ0v) is 15.8. The molecule has 1 atom stereocenters. The van der Waals surface area contributed by atoms with Crippen molar-refractivity contribution in [2.45, 2.75) is 31.8 Å². The second-order valence-electron chi connectivity index (χ2n) is 6.64. The Kier molecular flexibility index (Phi) is 6.10. The molecule has 1 aliphatic rings. The number of nitrogens with one attached hydrogen (secondary N) is 2. The summed E-state index contributed by atoms with van der Waals surface area (Å²) in [4.78, 5) is 40.6. The number of nitrogens with zero attached hydrogens (tertiary/aromatic N) is 2. The number of aromatic nitrogens is 2. The first-order valence-electron chi connectivity index (χ1n) is 9.09. The summed E-state index contributed by atoms with van der Waals surface area (Å²) in [5.41, 5.74) is -0.438. The summed E-state index contributed by atoms with van der Waals surface area (Å²) in [5, 5.41) is 15.3. The molecule has 0 saturated carbocycles. The van der Waals surface area contributed by atoms with Crippen molar-refractivity contribution in [3.63, 3.8) is 0 Å². The van der Waals surface area contributed by atoms with Crippen LogP contribution in [-0.4, -0.2) is 40.3 Å². The largest absolute Gasteiger partial charge is 0.501 e. The minimum absolute atomic E-state index is 0.0754. The van der Waals surface area contributed by atoms with Crippen LogP contribution in [0.3, 0.4) is 0 Å². The Hall–Kier alpha value is -3.43. The molecule has 1 aliphatic heterocycles. The quantitative estimate of drug-likeness (QED) is 0.689. The molecule has 2 aromatic rings. The molecule has 9 nitrogen and oxygen atoms in total. The van der Waals surface area contributed by atoms with E-state index in [9.17, 15) is 23.9 Å². The number of alkyl carbamates (subject to hydrolysis) is 1. The molecule has 154 valence electrons. The molecule has 2 amide bonds. The van der Waals surface area contributed by atoms with Crippen LogP contribution >= 0.6 is 0 Å². The summed E-state index contributed by atoms with van der Waals surface area (Å²) in [7, 11) is 1.24. The predicted octanol–water partition coefficient (Wildman–Crippen LogP) is 1.25. The molecule has 0 radical (unpaired) electrons. The Morgan fingerprint density at radius 1 is 1.31 bits per heavy atom. The molecule has 1 aromatic heterocycles. The van der Waals surface area contributed by atoms with E-state index in [1.165, 1.54) is 35.9 Å². The molecule has 0 saturated heterocycles. The lowest BCUT2D eigenvalue weighted by atomic mass is 9.98. The van der Waals surface area contributed by atoms with Crippen molar-refractivity contribution in [2.75, 3.05) is 13.7 Å². The molecule has 3 rings (SSSR count). The van der Waals surface area contributed by atoms with Crippen LogP contribution in [0.5, 0.6) is 5.75 Å². The molecular formula is C19H21FN4O5. The van der Waals surface area contributed by atoms with E-state index >= 15 is 0 Å². The summed E-state index contributed by atoms with van der Waals surface area (Å²) in [5.74, 6) is -1.83. The van der Waals surface area contributed by atoms with Gasteiger partial charge in [-0.25, -0.2) is 14.2 Å². The van der Waals surface area contributed by atoms with Gasteiger partial charge in [0.25, 0.3) is 11.5 Å². The van der Waals surface area contributed by atoms with Gasteiger partial charge in [-0.15, -0.1) is 0 Å². The van der Waals surface area contributed by atoms with E-state index in [0.717, 1.165) is 0 Å². The van der Waals surface area contributed by atoms with E-state index in [-0.39, 0.29) is 24.7 Å². The van der Waals surface area contributed by atoms with Crippen molar-refractivity contribution in [2.24, 2.45) is 0 Å². The number of fused-ring (bicyclic) bond motifs is 1. The Labute approximate surface area is 165 Å². The molecule has 2 heterocycles. The summed E-state index contributed by atoms with van der Waals surface area (Å²) in [6.07, 6.45) is 0.704. The van der Waals surface area contributed by atoms with Gasteiger partial charge in [0, 0.05) is 25.6 Å². The number of ether oxygens (including phenoxy) is 1. The number of halogens is 1. The van der Waals surface area contributed by atoms with Crippen LogP contribution in [0.25, 0.3) is 0 Å². The maximum Gasteiger partial charge on any atom is 0.406 e. The molecule has 0 fully saturated rings. The first-order valence-corrected chi connectivity index (χ1v) is 9.09. The average molecular weight is 404 g/mol. The molecule has 0 spiro atoms. The molecule has 0 bridgehead atoms. The molecule has 29 heavy (non-hydrogen) atoms. The van der Waals surface area contributed by atoms with Gasteiger partial charge in [-0.05, 0) is 30.5 Å². The third kappa shape index (κ3) is 4.53. The molecule has 3 N–H and O–H groups in total. The summed E-state index contributed by atoms with van der Waals surface area (Å²) < 4.78 is 18.8. The Morgan fingerprint density at radius 2 is 2.03 bits per heavy atom. The van der Waals surface area contributed by atoms with Crippen LogP contribution in [0.4, 0.5) is 9.18 Å². The normalized spacial score (nSPS) is 15.3. The van der Waals surface area contributed by atoms with Gasteiger partial charge >= 0.3 is 6.09 Å². The monoisotopic (exact) mass is 404 g/mol. The van der Waals surface area contributed by atoms with E-state index in [1.54, 1.807) is 0 Å². The minimum atomic E-state index is -0.730. The highest BCUT2D eigenvalue weighted by Crippen LogP contribution is 2.25. The first-order chi connectivity index (χ1) is 13.9. The maximum absolute atomic E-state index is 13.0. The van der Waals surface area contributed by atoms with Gasteiger partial charge in [0.2, 0.25) is 5.75 Å². The van der Waals surface area contributed by atoms with Crippen LogP contribution in [0, 0.1) is 5.82 Å². The van der Waals surface area contributed by atoms with Gasteiger partial charge < -0.3 is 20.5 Å². The van der Waals surface area contributed by atoms with Crippen molar-refractivity contribution in [3.05, 3.63) is 57.5 Å². The number of methoxy groups -OCH3 is 1. The summed E-state index contributed by atoms with van der Waals surface area (Å²) >= 11 is 0. The highest BCUT2D eigenvalue weighted by Gasteiger charge is 2.28. The Bertz CT molecular complexity index is 974. The van der Waals surface area contributed by atoms with Crippen LogP contribution in [-0.2, 0) is 17.8 Å². The molecule has 10 heteroatoms. The van der Waals surface area contributed by atoms with Gasteiger partial charge in [-0.3, -0.25) is 14.2 Å². The number of amides is 2. The van der Waals surface area contributed by atoms with Crippen molar-refractivity contribution in [1.29, 1.82) is 0 Å². The highest BCUT2D eigenvalue weighted by molar-refractivity contribution is 5.94. The number of aromatic hydroxyl groups is 1. The number of rotatable bonds is 5. The number of carbonyl (C=O) groups excluding carboxylic acids is 2. The van der Waals surface area contributed by atoms with E-state index < -0.39 is 29.1 Å². The highest BCUT2D eigenvalue weighted by atomic mass is 19.1. The van der Waals surface area contributed by atoms with Crippen molar-refractivity contribution in [1.82, 2.24) is 20.2 Å². The SMILES string of the molecule is COC(=O)NCC1CCCn2c1nc(C(=O)NCc1ccc(F)cc1)c(O)c2=O. The van der Waals surface area contributed by atoms with Crippen molar-refractivity contribution >= 4 is 12.0 Å². The Balaban J connectivity index is 1.82. The van der Waals surface area contributed by atoms with E-state index in [1.807, 2.05) is 0 Å². The molecule has 1 aromatic carbocycles. The number of hydrogen-bond acceptors (Lipinski definition) is 6. The number of hydrogen-bond donors (Lipinski definition) is 3. The van der Waals surface area contributed by atoms with E-state index in [0.29, 0.717) is 30.8 Å². The van der Waals surface area contributed by atoms with E-state index in [4.69, 9.17) is 0 Å². The molecule has 0 aliphatic carbocycles. The fourth-order valence-corrected chi connectivity index (χ4v) is 3.21. The van der Waals surface area contributed by atoms with Crippen LogP contribution in [0.2, 0.25) is 0 Å². The van der Waals surface area contributed by atoms with Crippen LogP contribution in [0.15, 0.2) is 29.1 Å². The van der Waals surface area contributed by atoms with Gasteiger partial charge in [-0.2, -0.15) is 0 Å². The lowest BCUT2D eigenvalue weighted by Gasteiger charge is -2.26. The van der Waals surface area contributed by atoms with Gasteiger partial charge in [-0.1, -0.05) is 12.1 Å². The summed E-state index contributed by atoms with van der Waals surface area (Å²) in [6, 6.07) is 5.56. The van der Waals surface area contributed by atoms with Crippen LogP contribution in [0.1, 0.15) is 40.6 Å². The molecular weight excluding hydrogens is 383 g/mol. The zero-order chi connectivity index (χ0) is 21.0. The van der Waals surface area contributed by atoms with Gasteiger partial charge in [0.1, 0.15) is 11.6 Å². The van der Waals surface area contributed by atoms with Crippen LogP contribution < -0.4 is 16.2 Å². The standard InChI is InChI=1S/C19H21FN4O5/c1-29-19(28)22-10-12-3-2-8-24-16(12)23-14(15(25)18(24)27)17(26)21-9-11-4-6-13(20)7-5-11/h4-7,12,25H,2-3,8-10H2,1H3,(H,21,26)(H,22,28). The lowest BCUT2D eigenvalue weighted by molar-refractivity contribution is 0.0941. The van der Waals surface area contributed by atoms with Gasteiger partial charge in [0.05, 0.1) is 7.11 Å². The number of carbonyl (C=O) groups is 2. The van der Waals surface area contributed by atoms with Gasteiger partial charge in [0.15, 0.2) is 5.69 Å². The zero-order valence-electron chi connectivity index (χ0n) is 15.8. The minimum Gasteiger partial charge on any atom is -0.501 e. The third-order valence-corrected chi connectivity index (χ3v) is 4.73. The third-order valence-electron chi connectivity index (χ3n) is 4.73. The average Bonchev–Trinajstić information content (AvgIpc) is 2.73. The second-order valence-corrected chi connectivity index (χ2v) is 6.64. The lowest BCUT2D eigenvalue weighted by Crippen LogP contribution is -2.37. The Morgan fingerprint density at radius 3 is 2.72 bits per heavy atom. The predicted molar refractivity (Wildman–Crippen MR) is 100 cm³/mol. The fraction of sp³-hybridized carbons (Fsp3) is 0.368. The van der Waals surface area contributed by atoms with Crippen molar-refractivity contribution in [3.8, 4) is 5.75 Å². The summed E-state index contributed by atoms with van der Waals surface area (Å²) in [6.45, 7) is 0.618. The van der Waals surface area contributed by atoms with E-state index in [2.05, 4.69) is 20.4 Å². The topological polar surface area (TPSA) is 123 Å². The van der Waals surface area contributed by atoms with Crippen molar-refractivity contribution < 1.29 is 23.8 Å². The smallest absolute Gasteiger partial charge is 0.406 e.